The molecule has 0 saturated carbocycles. The van der Waals surface area contributed by atoms with Crippen molar-refractivity contribution >= 4 is 17.3 Å². The van der Waals surface area contributed by atoms with E-state index in [1.165, 1.54) is 0 Å². The molecule has 2 unspecified atom stereocenters. The zero-order valence-corrected chi connectivity index (χ0v) is 13.1. The maximum atomic E-state index is 11.4. The molecule has 7 heteroatoms. The first-order chi connectivity index (χ1) is 9.66. The highest BCUT2D eigenvalue weighted by Gasteiger charge is 2.42. The van der Waals surface area contributed by atoms with Crippen LogP contribution < -0.4 is 5.73 Å². The molecule has 1 aliphatic carbocycles. The molecule has 2 N–H and O–H groups in total. The number of nitro groups is 1. The summed E-state index contributed by atoms with van der Waals surface area (Å²) in [7, 11) is 0. The third-order valence-corrected chi connectivity index (χ3v) is 4.03. The van der Waals surface area contributed by atoms with Gasteiger partial charge in [-0.1, -0.05) is 34.9 Å². The smallest absolute Gasteiger partial charge is 0.323 e. The van der Waals surface area contributed by atoms with E-state index in [9.17, 15) is 10.1 Å². The number of hydrogen-bond donors (Lipinski definition) is 1. The Morgan fingerprint density at radius 1 is 1.38 bits per heavy atom. The standard InChI is InChI=1S/C14H17ClN4O2/c1-7-5-8(2)11(16)14(4,6-7)12-10(19(20)21)13(15)18-9(3)17-12/h5-6,11H,16H2,1-4H3. The molecule has 21 heavy (non-hydrogen) atoms. The highest BCUT2D eigenvalue weighted by molar-refractivity contribution is 6.31. The Bertz CT molecular complexity index is 684. The normalized spacial score (nSPS) is 25.3. The lowest BCUT2D eigenvalue weighted by Gasteiger charge is -2.36. The van der Waals surface area contributed by atoms with Crippen LogP contribution in [0.3, 0.4) is 0 Å². The van der Waals surface area contributed by atoms with E-state index in [1.54, 1.807) is 6.92 Å². The molecule has 1 aromatic heterocycles. The summed E-state index contributed by atoms with van der Waals surface area (Å²) in [5.74, 6) is 0.382. The Balaban J connectivity index is 2.77. The summed E-state index contributed by atoms with van der Waals surface area (Å²) in [5, 5.41) is 11.2. The molecule has 0 fully saturated rings. The summed E-state index contributed by atoms with van der Waals surface area (Å²) in [5.41, 5.74) is 7.38. The van der Waals surface area contributed by atoms with Gasteiger partial charge >= 0.3 is 5.69 Å². The number of rotatable bonds is 2. The van der Waals surface area contributed by atoms with Crippen molar-refractivity contribution in [2.75, 3.05) is 0 Å². The lowest BCUT2D eigenvalue weighted by molar-refractivity contribution is -0.386. The van der Waals surface area contributed by atoms with Crippen LogP contribution in [0.2, 0.25) is 5.15 Å². The number of aromatic nitrogens is 2. The summed E-state index contributed by atoms with van der Waals surface area (Å²) in [4.78, 5) is 19.0. The van der Waals surface area contributed by atoms with Gasteiger partial charge in [0.1, 0.15) is 11.5 Å². The van der Waals surface area contributed by atoms with Gasteiger partial charge in [0, 0.05) is 6.04 Å². The second-order valence-electron chi connectivity index (χ2n) is 5.55. The van der Waals surface area contributed by atoms with Crippen LogP contribution in [0.15, 0.2) is 23.3 Å². The topological polar surface area (TPSA) is 94.9 Å². The molecule has 0 radical (unpaired) electrons. The van der Waals surface area contributed by atoms with E-state index in [0.29, 0.717) is 5.82 Å². The van der Waals surface area contributed by atoms with Crippen LogP contribution in [0.1, 0.15) is 32.3 Å². The molecule has 1 aromatic rings. The predicted octanol–water partition coefficient (Wildman–Crippen LogP) is 2.84. The minimum Gasteiger partial charge on any atom is -0.323 e. The van der Waals surface area contributed by atoms with Gasteiger partial charge in [-0.3, -0.25) is 10.1 Å². The average molecular weight is 309 g/mol. The van der Waals surface area contributed by atoms with E-state index in [1.807, 2.05) is 32.9 Å². The fraction of sp³-hybridized carbons (Fsp3) is 0.429. The van der Waals surface area contributed by atoms with Gasteiger partial charge < -0.3 is 5.73 Å². The zero-order valence-electron chi connectivity index (χ0n) is 12.3. The molecule has 6 nitrogen and oxygen atoms in total. The molecular formula is C14H17ClN4O2. The predicted molar refractivity (Wildman–Crippen MR) is 81.3 cm³/mol. The van der Waals surface area contributed by atoms with E-state index in [2.05, 4.69) is 9.97 Å². The molecule has 1 heterocycles. The van der Waals surface area contributed by atoms with Crippen molar-refractivity contribution < 1.29 is 4.92 Å². The summed E-state index contributed by atoms with van der Waals surface area (Å²) in [6.07, 6.45) is 3.86. The van der Waals surface area contributed by atoms with Crippen molar-refractivity contribution in [3.63, 3.8) is 0 Å². The summed E-state index contributed by atoms with van der Waals surface area (Å²) >= 11 is 5.96. The summed E-state index contributed by atoms with van der Waals surface area (Å²) < 4.78 is 0. The van der Waals surface area contributed by atoms with Crippen molar-refractivity contribution in [3.05, 3.63) is 50.1 Å². The SMILES string of the molecule is CC1=CC(C)(c2nc(C)nc(Cl)c2[N+](=O)[O-])C(N)C(C)=C1. The lowest BCUT2D eigenvalue weighted by Crippen LogP contribution is -2.45. The van der Waals surface area contributed by atoms with Crippen LogP contribution in [0.25, 0.3) is 0 Å². The highest BCUT2D eigenvalue weighted by Crippen LogP contribution is 2.41. The Hall–Kier alpha value is -1.79. The molecule has 2 atom stereocenters. The molecule has 0 aliphatic heterocycles. The maximum absolute atomic E-state index is 11.4. The quantitative estimate of drug-likeness (QED) is 0.515. The number of aryl methyl sites for hydroxylation is 1. The number of nitrogens with two attached hydrogens (primary N) is 1. The molecule has 0 bridgehead atoms. The van der Waals surface area contributed by atoms with Gasteiger partial charge in [0.05, 0.1) is 10.3 Å². The number of allylic oxidation sites excluding steroid dienone is 2. The summed E-state index contributed by atoms with van der Waals surface area (Å²) in [6, 6.07) is -0.412. The van der Waals surface area contributed by atoms with Crippen molar-refractivity contribution in [1.29, 1.82) is 0 Å². The van der Waals surface area contributed by atoms with E-state index < -0.39 is 16.4 Å². The van der Waals surface area contributed by atoms with Gasteiger partial charge in [-0.15, -0.1) is 0 Å². The third kappa shape index (κ3) is 2.56. The fourth-order valence-corrected chi connectivity index (χ4v) is 3.09. The van der Waals surface area contributed by atoms with E-state index in [0.717, 1.165) is 11.1 Å². The zero-order chi connectivity index (χ0) is 15.9. The Morgan fingerprint density at radius 3 is 2.57 bits per heavy atom. The van der Waals surface area contributed by atoms with Gasteiger partial charge in [-0.25, -0.2) is 9.97 Å². The molecule has 0 saturated heterocycles. The molecule has 0 aromatic carbocycles. The molecular weight excluding hydrogens is 292 g/mol. The second-order valence-corrected chi connectivity index (χ2v) is 5.91. The highest BCUT2D eigenvalue weighted by atomic mass is 35.5. The van der Waals surface area contributed by atoms with Crippen LogP contribution in [0.5, 0.6) is 0 Å². The van der Waals surface area contributed by atoms with Gasteiger partial charge in [0.25, 0.3) is 0 Å². The van der Waals surface area contributed by atoms with Crippen molar-refractivity contribution in [2.24, 2.45) is 5.73 Å². The average Bonchev–Trinajstić information content (AvgIpc) is 2.34. The van der Waals surface area contributed by atoms with Crippen LogP contribution in [-0.4, -0.2) is 20.9 Å². The van der Waals surface area contributed by atoms with Gasteiger partial charge in [0.15, 0.2) is 0 Å². The lowest BCUT2D eigenvalue weighted by atomic mass is 9.71. The van der Waals surface area contributed by atoms with Crippen molar-refractivity contribution in [1.82, 2.24) is 9.97 Å². The van der Waals surface area contributed by atoms with Gasteiger partial charge in [0.2, 0.25) is 5.15 Å². The van der Waals surface area contributed by atoms with Gasteiger partial charge in [-0.2, -0.15) is 0 Å². The molecule has 112 valence electrons. The maximum Gasteiger partial charge on any atom is 0.328 e. The minimum atomic E-state index is -0.803. The van der Waals surface area contributed by atoms with E-state index in [-0.39, 0.29) is 16.5 Å². The van der Waals surface area contributed by atoms with Crippen LogP contribution >= 0.6 is 11.6 Å². The molecule has 0 amide bonds. The second kappa shape index (κ2) is 5.20. The Morgan fingerprint density at radius 2 is 2.00 bits per heavy atom. The first-order valence-electron chi connectivity index (χ1n) is 6.49. The Kier molecular flexibility index (Phi) is 3.86. The molecule has 2 rings (SSSR count). The fourth-order valence-electron chi connectivity index (χ4n) is 2.81. The monoisotopic (exact) mass is 308 g/mol. The Labute approximate surface area is 127 Å². The van der Waals surface area contributed by atoms with E-state index in [4.69, 9.17) is 17.3 Å². The number of halogens is 1. The van der Waals surface area contributed by atoms with Gasteiger partial charge in [-0.05, 0) is 27.7 Å². The van der Waals surface area contributed by atoms with Crippen LogP contribution in [-0.2, 0) is 5.41 Å². The van der Waals surface area contributed by atoms with Crippen LogP contribution in [0.4, 0.5) is 5.69 Å². The molecule has 0 spiro atoms. The first-order valence-corrected chi connectivity index (χ1v) is 6.87. The van der Waals surface area contributed by atoms with E-state index >= 15 is 0 Å². The minimum absolute atomic E-state index is 0.158. The van der Waals surface area contributed by atoms with Crippen molar-refractivity contribution in [2.45, 2.75) is 39.2 Å². The largest absolute Gasteiger partial charge is 0.328 e. The number of nitrogens with zero attached hydrogens (tertiary/aromatic N) is 3. The first kappa shape index (κ1) is 15.6. The third-order valence-electron chi connectivity index (χ3n) is 3.77. The summed E-state index contributed by atoms with van der Waals surface area (Å²) in [6.45, 7) is 7.31. The van der Waals surface area contributed by atoms with Crippen LogP contribution in [0, 0.1) is 17.0 Å². The molecule has 1 aliphatic rings. The number of hydrogen-bond acceptors (Lipinski definition) is 5. The van der Waals surface area contributed by atoms with Crippen molar-refractivity contribution in [3.8, 4) is 0 Å².